The molecule has 8 rings (SSSR count). The largest absolute Gasteiger partial charge is 0.393 e. The summed E-state index contributed by atoms with van der Waals surface area (Å²) in [5, 5.41) is 54.7. The lowest BCUT2D eigenvalue weighted by Crippen LogP contribution is -2.59. The highest BCUT2D eigenvalue weighted by atomic mass is 16.3. The first-order valence-electron chi connectivity index (χ1n) is 26.0. The van der Waals surface area contributed by atoms with Gasteiger partial charge in [-0.3, -0.25) is 0 Å². The van der Waals surface area contributed by atoms with Crippen LogP contribution >= 0.6 is 0 Å². The van der Waals surface area contributed by atoms with Crippen LogP contribution in [0.25, 0.3) is 0 Å². The maximum absolute atomic E-state index is 11.6. The lowest BCUT2D eigenvalue weighted by molar-refractivity contribution is -0.179. The van der Waals surface area contributed by atoms with Crippen LogP contribution in [0.2, 0.25) is 0 Å². The summed E-state index contributed by atoms with van der Waals surface area (Å²) in [5.74, 6) is 5.41. The standard InChI is InChI=1S/C27H48O3.C27H46O2.CH4/c1-5-6-7-8-13-27(4,30)24-10-9-20-19-17-23(29)22-16-18(28)11-14-25(22,2)21(19)12-15-26(20,24)3;1-5-6-7-8-15-27(4,29)24-12-11-22-21-10-9-19-18-20(28)13-16-25(19,2)23(21)14-17-26(22,24)3;/h18-24,28-30H,5-17H2,1-4H3;9,20-24,28-29H,5-8,10-18H2,1-4H3;1H4/t18-,19?,20?,21?,22+,23-,24-,25+,26-,27-;20-,21?,22?,23?,24-,25-,26-,27-;/m00./s1. The third-order valence-corrected chi connectivity index (χ3v) is 21.3. The summed E-state index contributed by atoms with van der Waals surface area (Å²) in [6.07, 6.45) is 31.7. The Morgan fingerprint density at radius 1 is 0.550 bits per heavy atom. The summed E-state index contributed by atoms with van der Waals surface area (Å²) in [4.78, 5) is 0. The van der Waals surface area contributed by atoms with Gasteiger partial charge < -0.3 is 25.5 Å². The van der Waals surface area contributed by atoms with Crippen LogP contribution in [0.15, 0.2) is 11.6 Å². The Balaban J connectivity index is 0.000000198. The van der Waals surface area contributed by atoms with Crippen molar-refractivity contribution in [3.63, 3.8) is 0 Å². The van der Waals surface area contributed by atoms with E-state index < -0.39 is 11.2 Å². The molecule has 0 saturated heterocycles. The van der Waals surface area contributed by atoms with Crippen molar-refractivity contribution in [2.45, 2.75) is 259 Å². The highest BCUT2D eigenvalue weighted by Gasteiger charge is 2.64. The predicted octanol–water partition coefficient (Wildman–Crippen LogP) is 13.0. The van der Waals surface area contributed by atoms with E-state index in [1.54, 1.807) is 5.57 Å². The van der Waals surface area contributed by atoms with Gasteiger partial charge in [-0.05, 0) is 204 Å². The minimum atomic E-state index is -0.557. The van der Waals surface area contributed by atoms with Gasteiger partial charge >= 0.3 is 0 Å². The van der Waals surface area contributed by atoms with E-state index >= 15 is 0 Å². The average molecular weight is 839 g/mol. The van der Waals surface area contributed by atoms with Gasteiger partial charge in [-0.15, -0.1) is 0 Å². The Kier molecular flexibility index (Phi) is 15.3. The van der Waals surface area contributed by atoms with Crippen molar-refractivity contribution in [1.82, 2.24) is 0 Å². The molecule has 5 N–H and O–H groups in total. The molecular weight excluding hydrogens is 741 g/mol. The average Bonchev–Trinajstić information content (AvgIpc) is 3.75. The summed E-state index contributed by atoms with van der Waals surface area (Å²) in [6.45, 7) is 18.8. The molecule has 60 heavy (non-hydrogen) atoms. The Morgan fingerprint density at radius 2 is 1.05 bits per heavy atom. The summed E-state index contributed by atoms with van der Waals surface area (Å²) in [7, 11) is 0. The predicted molar refractivity (Wildman–Crippen MR) is 249 cm³/mol. The molecule has 0 aromatic carbocycles. The summed E-state index contributed by atoms with van der Waals surface area (Å²) in [5.41, 5.74) is 1.54. The quantitative estimate of drug-likeness (QED) is 0.0995. The van der Waals surface area contributed by atoms with Crippen molar-refractivity contribution < 1.29 is 25.5 Å². The Labute approximate surface area is 370 Å². The minimum absolute atomic E-state index is 0. The molecule has 8 aliphatic rings. The molecule has 8 aliphatic carbocycles. The molecule has 348 valence electrons. The van der Waals surface area contributed by atoms with Crippen LogP contribution in [0, 0.1) is 74.9 Å². The van der Waals surface area contributed by atoms with E-state index in [9.17, 15) is 25.5 Å². The SMILES string of the molecule is C.CCCCCC[C@](C)(O)[C@H]1CCC2C3CC=C4C[C@@H](O)CC[C@]4(C)C3CC[C@@]21C.CCCCCC[C@](C)(O)[C@H]1CCC2C3C[C@H](O)[C@H]4C[C@@H](O)CC[C@]4(C)C3CC[C@@]21C. The van der Waals surface area contributed by atoms with E-state index in [2.05, 4.69) is 61.5 Å². The van der Waals surface area contributed by atoms with Gasteiger partial charge in [0.05, 0.1) is 29.5 Å². The van der Waals surface area contributed by atoms with Gasteiger partial charge in [0.1, 0.15) is 0 Å². The van der Waals surface area contributed by atoms with Crippen LogP contribution in [0.4, 0.5) is 0 Å². The number of unbranched alkanes of at least 4 members (excludes halogenated alkanes) is 6. The first-order valence-corrected chi connectivity index (χ1v) is 26.0. The maximum Gasteiger partial charge on any atom is 0.0653 e. The van der Waals surface area contributed by atoms with Gasteiger partial charge in [-0.25, -0.2) is 0 Å². The second kappa shape index (κ2) is 18.8. The fourth-order valence-corrected chi connectivity index (χ4v) is 18.1. The molecule has 0 aromatic rings. The zero-order valence-electron chi connectivity index (χ0n) is 39.6. The van der Waals surface area contributed by atoms with Crippen LogP contribution in [0.1, 0.15) is 230 Å². The molecule has 5 heteroatoms. The molecule has 0 bridgehead atoms. The Morgan fingerprint density at radius 3 is 1.62 bits per heavy atom. The molecule has 0 aliphatic heterocycles. The number of fused-ring (bicyclic) bond motifs is 10. The van der Waals surface area contributed by atoms with Crippen LogP contribution in [-0.4, -0.2) is 55.0 Å². The zero-order chi connectivity index (χ0) is 42.6. The molecule has 0 radical (unpaired) electrons. The molecule has 0 heterocycles. The first kappa shape index (κ1) is 49.0. The number of hydrogen-bond acceptors (Lipinski definition) is 5. The van der Waals surface area contributed by atoms with E-state index in [0.717, 1.165) is 82.0 Å². The molecular formula is C55H98O5. The lowest BCUT2D eigenvalue weighted by atomic mass is 9.43. The minimum Gasteiger partial charge on any atom is -0.393 e. The smallest absolute Gasteiger partial charge is 0.0653 e. The van der Waals surface area contributed by atoms with Crippen molar-refractivity contribution in [2.24, 2.45) is 74.9 Å². The van der Waals surface area contributed by atoms with Crippen LogP contribution in [-0.2, 0) is 0 Å². The van der Waals surface area contributed by atoms with Gasteiger partial charge in [0.2, 0.25) is 0 Å². The highest BCUT2D eigenvalue weighted by Crippen LogP contribution is 2.70. The molecule has 7 fully saturated rings. The van der Waals surface area contributed by atoms with Gasteiger partial charge in [0.15, 0.2) is 0 Å². The van der Waals surface area contributed by atoms with Crippen molar-refractivity contribution in [3.8, 4) is 0 Å². The fraction of sp³-hybridized carbons (Fsp3) is 0.964. The van der Waals surface area contributed by atoms with Crippen LogP contribution in [0.5, 0.6) is 0 Å². The molecule has 18 atom stereocenters. The van der Waals surface area contributed by atoms with E-state index in [1.165, 1.54) is 103 Å². The topological polar surface area (TPSA) is 101 Å². The molecule has 7 saturated carbocycles. The molecule has 0 aromatic heterocycles. The Hall–Kier alpha value is -0.460. The third kappa shape index (κ3) is 8.80. The van der Waals surface area contributed by atoms with Gasteiger partial charge in [-0.1, -0.05) is 112 Å². The van der Waals surface area contributed by atoms with Crippen molar-refractivity contribution in [3.05, 3.63) is 11.6 Å². The van der Waals surface area contributed by atoms with Gasteiger partial charge in [-0.2, -0.15) is 0 Å². The van der Waals surface area contributed by atoms with Gasteiger partial charge in [0.25, 0.3) is 0 Å². The van der Waals surface area contributed by atoms with E-state index in [1.807, 2.05) is 0 Å². The summed E-state index contributed by atoms with van der Waals surface area (Å²) < 4.78 is 0. The second-order valence-electron chi connectivity index (χ2n) is 24.6. The maximum atomic E-state index is 11.6. The van der Waals surface area contributed by atoms with E-state index in [0.29, 0.717) is 40.4 Å². The lowest BCUT2D eigenvalue weighted by Gasteiger charge is -2.62. The normalized spacial score (nSPS) is 47.5. The molecule has 0 spiro atoms. The van der Waals surface area contributed by atoms with E-state index in [-0.39, 0.29) is 42.5 Å². The number of aliphatic hydroxyl groups is 5. The molecule has 5 nitrogen and oxygen atoms in total. The monoisotopic (exact) mass is 839 g/mol. The second-order valence-corrected chi connectivity index (χ2v) is 24.6. The number of aliphatic hydroxyl groups excluding tert-OH is 3. The van der Waals surface area contributed by atoms with Crippen molar-refractivity contribution in [2.75, 3.05) is 0 Å². The fourth-order valence-electron chi connectivity index (χ4n) is 18.1. The molecule has 0 amide bonds. The Bertz CT molecular complexity index is 1440. The number of rotatable bonds is 12. The zero-order valence-corrected chi connectivity index (χ0v) is 39.6. The first-order chi connectivity index (χ1) is 27.9. The third-order valence-electron chi connectivity index (χ3n) is 21.3. The van der Waals surface area contributed by atoms with E-state index in [4.69, 9.17) is 0 Å². The number of allylic oxidation sites excluding steroid dienone is 1. The van der Waals surface area contributed by atoms with Crippen molar-refractivity contribution >= 4 is 0 Å². The molecule has 6 unspecified atom stereocenters. The van der Waals surface area contributed by atoms with Gasteiger partial charge in [0, 0.05) is 0 Å². The summed E-state index contributed by atoms with van der Waals surface area (Å²) in [6, 6.07) is 0. The summed E-state index contributed by atoms with van der Waals surface area (Å²) >= 11 is 0. The van der Waals surface area contributed by atoms with Crippen LogP contribution in [0.3, 0.4) is 0 Å². The highest BCUT2D eigenvalue weighted by molar-refractivity contribution is 5.26. The van der Waals surface area contributed by atoms with Crippen LogP contribution < -0.4 is 0 Å². The number of hydrogen-bond donors (Lipinski definition) is 5. The van der Waals surface area contributed by atoms with Crippen molar-refractivity contribution in [1.29, 1.82) is 0 Å².